The Morgan fingerprint density at radius 1 is 1.06 bits per heavy atom. The molecular formula is C24H33N5O2. The zero-order valence-corrected chi connectivity index (χ0v) is 18.4. The van der Waals surface area contributed by atoms with Crippen molar-refractivity contribution in [2.75, 3.05) is 38.2 Å². The van der Waals surface area contributed by atoms with Crippen LogP contribution < -0.4 is 15.0 Å². The fourth-order valence-electron chi connectivity index (χ4n) is 4.60. The second kappa shape index (κ2) is 10.6. The Hall–Kier alpha value is -2.67. The first kappa shape index (κ1) is 21.6. The minimum absolute atomic E-state index is 0.212. The molecule has 1 amide bonds. The average molecular weight is 424 g/mol. The average Bonchev–Trinajstić information content (AvgIpc) is 2.81. The molecule has 1 aromatic heterocycles. The Labute approximate surface area is 184 Å². The molecule has 1 aromatic carbocycles. The number of piperidine rings is 2. The minimum atomic E-state index is 0.212. The van der Waals surface area contributed by atoms with Crippen molar-refractivity contribution in [3.63, 3.8) is 0 Å². The van der Waals surface area contributed by atoms with Gasteiger partial charge in [0.25, 0.3) is 0 Å². The molecule has 0 saturated carbocycles. The van der Waals surface area contributed by atoms with Crippen LogP contribution in [0.4, 0.5) is 5.82 Å². The Bertz CT molecular complexity index is 831. The van der Waals surface area contributed by atoms with Gasteiger partial charge in [-0.05, 0) is 43.2 Å². The van der Waals surface area contributed by atoms with Crippen LogP contribution in [0.3, 0.4) is 0 Å². The molecular weight excluding hydrogens is 390 g/mol. The molecule has 2 saturated heterocycles. The van der Waals surface area contributed by atoms with E-state index in [2.05, 4.69) is 55.4 Å². The third kappa shape index (κ3) is 6.17. The molecule has 4 rings (SSSR count). The van der Waals surface area contributed by atoms with Crippen LogP contribution in [0.15, 0.2) is 42.6 Å². The maximum atomic E-state index is 12.6. The van der Waals surface area contributed by atoms with Crippen LogP contribution in [0.25, 0.3) is 0 Å². The molecule has 166 valence electrons. The van der Waals surface area contributed by atoms with Crippen molar-refractivity contribution in [3.05, 3.63) is 48.2 Å². The molecule has 0 spiro atoms. The molecule has 2 aliphatic rings. The predicted octanol–water partition coefficient (Wildman–Crippen LogP) is 2.87. The summed E-state index contributed by atoms with van der Waals surface area (Å²) in [6.07, 6.45) is 6.45. The summed E-state index contributed by atoms with van der Waals surface area (Å²) in [5, 5.41) is 3.29. The molecule has 2 fully saturated rings. The van der Waals surface area contributed by atoms with E-state index in [0.717, 1.165) is 64.2 Å². The van der Waals surface area contributed by atoms with Gasteiger partial charge in [-0.25, -0.2) is 4.98 Å². The largest absolute Gasteiger partial charge is 0.467 e. The van der Waals surface area contributed by atoms with Gasteiger partial charge in [0.15, 0.2) is 0 Å². The molecule has 7 nitrogen and oxygen atoms in total. The Morgan fingerprint density at radius 3 is 2.52 bits per heavy atom. The molecule has 31 heavy (non-hydrogen) atoms. The topological polar surface area (TPSA) is 70.6 Å². The first-order valence-corrected chi connectivity index (χ1v) is 11.4. The summed E-state index contributed by atoms with van der Waals surface area (Å²) in [6, 6.07) is 13.2. The number of carbonyl (C=O) groups is 1. The number of benzene rings is 1. The first-order chi connectivity index (χ1) is 15.2. The number of aromatic nitrogens is 2. The van der Waals surface area contributed by atoms with Gasteiger partial charge in [0, 0.05) is 51.4 Å². The fourth-order valence-corrected chi connectivity index (χ4v) is 4.60. The summed E-state index contributed by atoms with van der Waals surface area (Å²) in [5.74, 6) is 1.55. The number of hydrogen-bond acceptors (Lipinski definition) is 6. The molecule has 0 aliphatic carbocycles. The lowest BCUT2D eigenvalue weighted by molar-refractivity contribution is -0.123. The maximum absolute atomic E-state index is 12.6. The Balaban J connectivity index is 1.16. The van der Waals surface area contributed by atoms with E-state index in [4.69, 9.17) is 4.74 Å². The van der Waals surface area contributed by atoms with E-state index in [-0.39, 0.29) is 5.91 Å². The van der Waals surface area contributed by atoms with Crippen LogP contribution in [0.2, 0.25) is 0 Å². The van der Waals surface area contributed by atoms with Gasteiger partial charge in [0.1, 0.15) is 5.82 Å². The fraction of sp³-hybridized carbons (Fsp3) is 0.542. The number of ether oxygens (including phenoxy) is 1. The van der Waals surface area contributed by atoms with Crippen molar-refractivity contribution in [2.24, 2.45) is 5.92 Å². The molecule has 7 heteroatoms. The lowest BCUT2D eigenvalue weighted by Crippen LogP contribution is -2.45. The summed E-state index contributed by atoms with van der Waals surface area (Å²) in [5.41, 5.74) is 1.36. The number of nitrogens with zero attached hydrogens (tertiary/aromatic N) is 4. The minimum Gasteiger partial charge on any atom is -0.467 e. The zero-order chi connectivity index (χ0) is 21.5. The number of methoxy groups -OCH3 is 1. The van der Waals surface area contributed by atoms with E-state index in [1.807, 2.05) is 6.07 Å². The monoisotopic (exact) mass is 423 g/mol. The van der Waals surface area contributed by atoms with Crippen molar-refractivity contribution in [1.29, 1.82) is 0 Å². The lowest BCUT2D eigenvalue weighted by atomic mass is 9.93. The standard InChI is InChI=1S/C24H33N5O2/c1-31-24-25-12-7-22(27-24)29-15-8-19(9-16-29)17-23(30)26-21-10-13-28(14-11-21)18-20-5-3-2-4-6-20/h2-7,12,19,21H,8-11,13-18H2,1H3,(H,26,30). The maximum Gasteiger partial charge on any atom is 0.318 e. The van der Waals surface area contributed by atoms with Gasteiger partial charge in [-0.2, -0.15) is 4.98 Å². The molecule has 0 bridgehead atoms. The van der Waals surface area contributed by atoms with Crippen LogP contribution in [0.1, 0.15) is 37.7 Å². The van der Waals surface area contributed by atoms with Crippen molar-refractivity contribution in [2.45, 2.75) is 44.7 Å². The number of carbonyl (C=O) groups excluding carboxylic acids is 1. The number of amides is 1. The van der Waals surface area contributed by atoms with Gasteiger partial charge in [-0.3, -0.25) is 9.69 Å². The summed E-state index contributed by atoms with van der Waals surface area (Å²) in [6.45, 7) is 4.91. The highest BCUT2D eigenvalue weighted by atomic mass is 16.5. The predicted molar refractivity (Wildman–Crippen MR) is 121 cm³/mol. The van der Waals surface area contributed by atoms with Crippen LogP contribution >= 0.6 is 0 Å². The van der Waals surface area contributed by atoms with E-state index < -0.39 is 0 Å². The summed E-state index contributed by atoms with van der Waals surface area (Å²) < 4.78 is 5.12. The molecule has 2 aliphatic heterocycles. The van der Waals surface area contributed by atoms with Crippen LogP contribution in [-0.4, -0.2) is 60.1 Å². The first-order valence-electron chi connectivity index (χ1n) is 11.4. The normalized spacial score (nSPS) is 18.7. The van der Waals surface area contributed by atoms with Crippen molar-refractivity contribution < 1.29 is 9.53 Å². The van der Waals surface area contributed by atoms with E-state index in [1.54, 1.807) is 13.3 Å². The quantitative estimate of drug-likeness (QED) is 0.739. The Kier molecular flexibility index (Phi) is 7.35. The molecule has 3 heterocycles. The van der Waals surface area contributed by atoms with E-state index in [1.165, 1.54) is 5.56 Å². The van der Waals surface area contributed by atoms with Gasteiger partial charge in [0.05, 0.1) is 7.11 Å². The van der Waals surface area contributed by atoms with E-state index >= 15 is 0 Å². The number of rotatable bonds is 7. The highest BCUT2D eigenvalue weighted by Gasteiger charge is 2.25. The van der Waals surface area contributed by atoms with Crippen LogP contribution in [-0.2, 0) is 11.3 Å². The Morgan fingerprint density at radius 2 is 1.81 bits per heavy atom. The molecule has 0 atom stereocenters. The number of likely N-dealkylation sites (tertiary alicyclic amines) is 1. The van der Waals surface area contributed by atoms with Gasteiger partial charge < -0.3 is 15.0 Å². The number of nitrogens with one attached hydrogen (secondary N) is 1. The second-order valence-electron chi connectivity index (χ2n) is 8.64. The summed E-state index contributed by atoms with van der Waals surface area (Å²) in [7, 11) is 1.58. The van der Waals surface area contributed by atoms with Crippen molar-refractivity contribution >= 4 is 11.7 Å². The van der Waals surface area contributed by atoms with Gasteiger partial charge in [-0.15, -0.1) is 0 Å². The number of anilines is 1. The second-order valence-corrected chi connectivity index (χ2v) is 8.64. The van der Waals surface area contributed by atoms with E-state index in [0.29, 0.717) is 24.4 Å². The van der Waals surface area contributed by atoms with Gasteiger partial charge >= 0.3 is 6.01 Å². The van der Waals surface area contributed by atoms with Gasteiger partial charge in [0.2, 0.25) is 5.91 Å². The summed E-state index contributed by atoms with van der Waals surface area (Å²) in [4.78, 5) is 25.8. The van der Waals surface area contributed by atoms with Crippen LogP contribution in [0.5, 0.6) is 6.01 Å². The number of hydrogen-bond donors (Lipinski definition) is 1. The molecule has 0 radical (unpaired) electrons. The van der Waals surface area contributed by atoms with Crippen molar-refractivity contribution in [3.8, 4) is 6.01 Å². The molecule has 0 unspecified atom stereocenters. The zero-order valence-electron chi connectivity index (χ0n) is 18.4. The van der Waals surface area contributed by atoms with Gasteiger partial charge in [-0.1, -0.05) is 30.3 Å². The highest BCUT2D eigenvalue weighted by Crippen LogP contribution is 2.25. The summed E-state index contributed by atoms with van der Waals surface area (Å²) >= 11 is 0. The third-order valence-corrected chi connectivity index (χ3v) is 6.42. The van der Waals surface area contributed by atoms with E-state index in [9.17, 15) is 4.79 Å². The lowest BCUT2D eigenvalue weighted by Gasteiger charge is -2.34. The smallest absolute Gasteiger partial charge is 0.318 e. The molecule has 2 aromatic rings. The molecule has 1 N–H and O–H groups in total. The third-order valence-electron chi connectivity index (χ3n) is 6.42. The SMILES string of the molecule is COc1nccc(N2CCC(CC(=O)NC3CCN(Cc4ccccc4)CC3)CC2)n1. The van der Waals surface area contributed by atoms with Crippen molar-refractivity contribution in [1.82, 2.24) is 20.2 Å². The highest BCUT2D eigenvalue weighted by molar-refractivity contribution is 5.76. The van der Waals surface area contributed by atoms with Crippen LogP contribution in [0, 0.1) is 5.92 Å².